The second-order valence-corrected chi connectivity index (χ2v) is 3.41. The molecule has 0 saturated carbocycles. The molecule has 0 aliphatic carbocycles. The molecule has 0 amide bonds. The minimum atomic E-state index is 0.552. The molecule has 0 bridgehead atoms. The molecule has 0 radical (unpaired) electrons. The summed E-state index contributed by atoms with van der Waals surface area (Å²) in [5.41, 5.74) is 0.552. The average molecular weight is 158 g/mol. The van der Waals surface area contributed by atoms with Crippen molar-refractivity contribution >= 4 is 0 Å². The summed E-state index contributed by atoms with van der Waals surface area (Å²) in [6.45, 7) is 10.5. The van der Waals surface area contributed by atoms with Crippen molar-refractivity contribution < 1.29 is 4.74 Å². The molecule has 1 aliphatic heterocycles. The second kappa shape index (κ2) is 5.59. The lowest BCUT2D eigenvalue weighted by Crippen LogP contribution is -2.39. The van der Waals surface area contributed by atoms with Crippen LogP contribution in [0.1, 0.15) is 47.0 Å². The predicted molar refractivity (Wildman–Crippen MR) is 49.8 cm³/mol. The van der Waals surface area contributed by atoms with E-state index in [2.05, 4.69) is 13.8 Å². The monoisotopic (exact) mass is 158 g/mol. The Hall–Kier alpha value is -0.0400. The number of rotatable bonds is 3. The Morgan fingerprint density at radius 3 is 2.09 bits per heavy atom. The van der Waals surface area contributed by atoms with Crippen molar-refractivity contribution in [1.29, 1.82) is 0 Å². The molecule has 0 aromatic heterocycles. The summed E-state index contributed by atoms with van der Waals surface area (Å²) in [6.07, 6.45) is 4.03. The Morgan fingerprint density at radius 1 is 1.27 bits per heavy atom. The quantitative estimate of drug-likeness (QED) is 0.612. The zero-order valence-electron chi connectivity index (χ0n) is 8.44. The number of unbranched alkanes of at least 4 members (excludes halogenated alkanes) is 1. The molecule has 1 fully saturated rings. The largest absolute Gasteiger partial charge is 0.380 e. The van der Waals surface area contributed by atoms with Gasteiger partial charge in [0.15, 0.2) is 0 Å². The van der Waals surface area contributed by atoms with Crippen molar-refractivity contribution in [3.05, 3.63) is 0 Å². The fourth-order valence-electron chi connectivity index (χ4n) is 1.20. The van der Waals surface area contributed by atoms with E-state index in [1.807, 2.05) is 13.8 Å². The van der Waals surface area contributed by atoms with Gasteiger partial charge >= 0.3 is 0 Å². The molecule has 1 heteroatoms. The van der Waals surface area contributed by atoms with Crippen molar-refractivity contribution in [3.63, 3.8) is 0 Å². The molecule has 0 unspecified atom stereocenters. The lowest BCUT2D eigenvalue weighted by Gasteiger charge is -2.38. The zero-order chi connectivity index (χ0) is 8.74. The van der Waals surface area contributed by atoms with Crippen LogP contribution >= 0.6 is 0 Å². The maximum absolute atomic E-state index is 5.13. The minimum Gasteiger partial charge on any atom is -0.380 e. The van der Waals surface area contributed by atoms with Gasteiger partial charge in [-0.3, -0.25) is 0 Å². The summed E-state index contributed by atoms with van der Waals surface area (Å²) in [5.74, 6) is 0. The number of hydrogen-bond acceptors (Lipinski definition) is 1. The topological polar surface area (TPSA) is 9.23 Å². The van der Waals surface area contributed by atoms with Crippen LogP contribution in [0.5, 0.6) is 0 Å². The molecular formula is C10H22O. The smallest absolute Gasteiger partial charge is 0.0542 e. The van der Waals surface area contributed by atoms with E-state index in [0.29, 0.717) is 5.41 Å². The molecule has 11 heavy (non-hydrogen) atoms. The first kappa shape index (κ1) is 11.0. The Morgan fingerprint density at radius 2 is 1.82 bits per heavy atom. The van der Waals surface area contributed by atoms with E-state index in [4.69, 9.17) is 4.74 Å². The van der Waals surface area contributed by atoms with Crippen LogP contribution in [0, 0.1) is 5.41 Å². The van der Waals surface area contributed by atoms with E-state index in [1.54, 1.807) is 0 Å². The molecule has 1 saturated heterocycles. The van der Waals surface area contributed by atoms with Crippen molar-refractivity contribution in [3.8, 4) is 0 Å². The van der Waals surface area contributed by atoms with Gasteiger partial charge in [-0.1, -0.05) is 40.5 Å². The van der Waals surface area contributed by atoms with Crippen LogP contribution in [-0.4, -0.2) is 13.2 Å². The highest BCUT2D eigenvalue weighted by Crippen LogP contribution is 2.31. The third-order valence-electron chi connectivity index (χ3n) is 2.03. The first-order valence-corrected chi connectivity index (χ1v) is 4.85. The van der Waals surface area contributed by atoms with Crippen LogP contribution in [0.3, 0.4) is 0 Å². The van der Waals surface area contributed by atoms with E-state index in [0.717, 1.165) is 13.2 Å². The van der Waals surface area contributed by atoms with Gasteiger partial charge in [-0.05, 0) is 6.42 Å². The van der Waals surface area contributed by atoms with Crippen molar-refractivity contribution in [2.24, 2.45) is 5.41 Å². The lowest BCUT2D eigenvalue weighted by molar-refractivity contribution is -0.106. The van der Waals surface area contributed by atoms with Crippen LogP contribution in [0.15, 0.2) is 0 Å². The molecule has 1 rings (SSSR count). The van der Waals surface area contributed by atoms with E-state index >= 15 is 0 Å². The highest BCUT2D eigenvalue weighted by molar-refractivity contribution is 4.79. The van der Waals surface area contributed by atoms with E-state index in [-0.39, 0.29) is 0 Å². The van der Waals surface area contributed by atoms with Gasteiger partial charge in [-0.15, -0.1) is 0 Å². The summed E-state index contributed by atoms with van der Waals surface area (Å²) in [4.78, 5) is 0. The van der Waals surface area contributed by atoms with Gasteiger partial charge < -0.3 is 4.74 Å². The first-order valence-electron chi connectivity index (χ1n) is 4.85. The van der Waals surface area contributed by atoms with Gasteiger partial charge in [-0.25, -0.2) is 0 Å². The van der Waals surface area contributed by atoms with Gasteiger partial charge in [0.2, 0.25) is 0 Å². The van der Waals surface area contributed by atoms with Crippen LogP contribution < -0.4 is 0 Å². The molecule has 0 spiro atoms. The number of hydrogen-bond donors (Lipinski definition) is 0. The van der Waals surface area contributed by atoms with Gasteiger partial charge in [0.05, 0.1) is 13.2 Å². The van der Waals surface area contributed by atoms with Gasteiger partial charge in [0, 0.05) is 5.41 Å². The standard InChI is InChI=1S/C8H16O.C2H6/c1-3-4-5-8(2)6-9-7-8;1-2/h3-7H2,1-2H3;1-2H3. The van der Waals surface area contributed by atoms with E-state index < -0.39 is 0 Å². The third-order valence-corrected chi connectivity index (χ3v) is 2.03. The molecule has 1 aliphatic rings. The molecule has 0 aromatic rings. The van der Waals surface area contributed by atoms with Gasteiger partial charge in [-0.2, -0.15) is 0 Å². The fraction of sp³-hybridized carbons (Fsp3) is 1.00. The molecule has 0 aromatic carbocycles. The Balaban J connectivity index is 0.000000461. The van der Waals surface area contributed by atoms with Gasteiger partial charge in [0.1, 0.15) is 0 Å². The summed E-state index contributed by atoms with van der Waals surface area (Å²) in [7, 11) is 0. The maximum atomic E-state index is 5.13. The number of ether oxygens (including phenoxy) is 1. The first-order chi connectivity index (χ1) is 5.27. The highest BCUT2D eigenvalue weighted by atomic mass is 16.5. The Bertz CT molecular complexity index is 84.9. The van der Waals surface area contributed by atoms with Crippen molar-refractivity contribution in [2.75, 3.05) is 13.2 Å². The maximum Gasteiger partial charge on any atom is 0.0542 e. The third kappa shape index (κ3) is 3.76. The Labute approximate surface area is 71.1 Å². The summed E-state index contributed by atoms with van der Waals surface area (Å²) in [5, 5.41) is 0. The molecule has 0 N–H and O–H groups in total. The van der Waals surface area contributed by atoms with Crippen LogP contribution in [-0.2, 0) is 4.74 Å². The fourth-order valence-corrected chi connectivity index (χ4v) is 1.20. The molecule has 68 valence electrons. The van der Waals surface area contributed by atoms with E-state index in [1.165, 1.54) is 19.3 Å². The average Bonchev–Trinajstić information content (AvgIpc) is 2.01. The summed E-state index contributed by atoms with van der Waals surface area (Å²) < 4.78 is 5.13. The molecule has 0 atom stereocenters. The van der Waals surface area contributed by atoms with Crippen molar-refractivity contribution in [1.82, 2.24) is 0 Å². The Kier molecular flexibility index (Phi) is 5.57. The van der Waals surface area contributed by atoms with Crippen molar-refractivity contribution in [2.45, 2.75) is 47.0 Å². The summed E-state index contributed by atoms with van der Waals surface area (Å²) >= 11 is 0. The molecule has 1 heterocycles. The normalized spacial score (nSPS) is 19.6. The zero-order valence-corrected chi connectivity index (χ0v) is 8.44. The summed E-state index contributed by atoms with van der Waals surface area (Å²) in [6, 6.07) is 0. The minimum absolute atomic E-state index is 0.552. The second-order valence-electron chi connectivity index (χ2n) is 3.41. The SMILES string of the molecule is CC.CCCCC1(C)COC1. The van der Waals surface area contributed by atoms with Gasteiger partial charge in [0.25, 0.3) is 0 Å². The predicted octanol–water partition coefficient (Wildman–Crippen LogP) is 3.24. The lowest BCUT2D eigenvalue weighted by atomic mass is 9.83. The van der Waals surface area contributed by atoms with Crippen LogP contribution in [0.25, 0.3) is 0 Å². The molecule has 1 nitrogen and oxygen atoms in total. The molecular weight excluding hydrogens is 136 g/mol. The van der Waals surface area contributed by atoms with E-state index in [9.17, 15) is 0 Å². The highest BCUT2D eigenvalue weighted by Gasteiger charge is 2.31. The van der Waals surface area contributed by atoms with Crippen LogP contribution in [0.4, 0.5) is 0 Å². The van der Waals surface area contributed by atoms with Crippen LogP contribution in [0.2, 0.25) is 0 Å².